The number of hydrogen-bond acceptors (Lipinski definition) is 2. The van der Waals surface area contributed by atoms with E-state index in [-0.39, 0.29) is 27.1 Å². The predicted molar refractivity (Wildman–Crippen MR) is 145 cm³/mol. The van der Waals surface area contributed by atoms with Crippen LogP contribution in [0.1, 0.15) is 86.5 Å². The first-order valence-electron chi connectivity index (χ1n) is 13.7. The van der Waals surface area contributed by atoms with Gasteiger partial charge in [-0.3, -0.25) is 4.79 Å². The van der Waals surface area contributed by atoms with Gasteiger partial charge in [-0.15, -0.1) is 6.58 Å². The van der Waals surface area contributed by atoms with Crippen molar-refractivity contribution in [1.82, 2.24) is 0 Å². The van der Waals surface area contributed by atoms with Crippen LogP contribution in [0.5, 0.6) is 0 Å². The van der Waals surface area contributed by atoms with Crippen molar-refractivity contribution in [2.45, 2.75) is 116 Å². The number of carbonyl (C=O) groups excluding carboxylic acids is 1. The summed E-state index contributed by atoms with van der Waals surface area (Å²) in [6.07, 6.45) is 11.3. The van der Waals surface area contributed by atoms with Crippen LogP contribution in [-0.4, -0.2) is 25.0 Å². The second-order valence-corrected chi connectivity index (χ2v) is 20.0. The van der Waals surface area contributed by atoms with Gasteiger partial charge in [0.05, 0.1) is 4.83 Å². The van der Waals surface area contributed by atoms with Crippen molar-refractivity contribution in [2.24, 2.45) is 46.3 Å². The Morgan fingerprint density at radius 1 is 1.12 bits per heavy atom. The highest BCUT2D eigenvalue weighted by atomic mass is 79.9. The van der Waals surface area contributed by atoms with Gasteiger partial charge in [0.25, 0.3) is 0 Å². The van der Waals surface area contributed by atoms with Crippen LogP contribution in [0.15, 0.2) is 12.7 Å². The van der Waals surface area contributed by atoms with Gasteiger partial charge in [0.2, 0.25) is 0 Å². The van der Waals surface area contributed by atoms with E-state index >= 15 is 0 Å². The number of ketones is 1. The third-order valence-electron chi connectivity index (χ3n) is 11.7. The molecule has 4 heteroatoms. The van der Waals surface area contributed by atoms with E-state index in [1.165, 1.54) is 44.9 Å². The SMILES string of the molecule is C=C[C@@H](C)[C@H]1C(=O)C(Br)[C@H]2[C@@H]3CCC4C[C@@H](O[Si](C)(C)C(C)(C)C)CC[C@]4(C)[C@H]3CC[C@]12C. The summed E-state index contributed by atoms with van der Waals surface area (Å²) < 4.78 is 6.92. The molecule has 188 valence electrons. The fraction of sp³-hybridized carbons (Fsp3) is 0.897. The second-order valence-electron chi connectivity index (χ2n) is 14.3. The molecule has 4 aliphatic rings. The summed E-state index contributed by atoms with van der Waals surface area (Å²) in [7, 11) is -1.73. The Kier molecular flexibility index (Phi) is 6.79. The molecule has 0 heterocycles. The molecule has 4 fully saturated rings. The van der Waals surface area contributed by atoms with Crippen molar-refractivity contribution < 1.29 is 9.22 Å². The normalized spacial score (nSPS) is 46.8. The maximum absolute atomic E-state index is 13.5. The molecule has 0 aliphatic heterocycles. The quantitative estimate of drug-likeness (QED) is 0.204. The molecule has 0 aromatic rings. The van der Waals surface area contributed by atoms with Crippen molar-refractivity contribution >= 4 is 30.0 Å². The number of alkyl halides is 1. The van der Waals surface area contributed by atoms with E-state index in [1.807, 2.05) is 6.08 Å². The number of fused-ring (bicyclic) bond motifs is 5. The third kappa shape index (κ3) is 4.01. The van der Waals surface area contributed by atoms with Crippen LogP contribution in [0.4, 0.5) is 0 Å². The van der Waals surface area contributed by atoms with E-state index in [4.69, 9.17) is 4.43 Å². The molecule has 0 bridgehead atoms. The van der Waals surface area contributed by atoms with Gasteiger partial charge < -0.3 is 4.43 Å². The molecule has 0 aromatic carbocycles. The molecular formula is C29H49BrO2Si. The zero-order valence-electron chi connectivity index (χ0n) is 22.5. The summed E-state index contributed by atoms with van der Waals surface area (Å²) in [5.74, 6) is 3.54. The van der Waals surface area contributed by atoms with E-state index in [9.17, 15) is 4.79 Å². The summed E-state index contributed by atoms with van der Waals surface area (Å²) in [4.78, 5) is 13.5. The van der Waals surface area contributed by atoms with E-state index < -0.39 is 8.32 Å². The highest BCUT2D eigenvalue weighted by molar-refractivity contribution is 9.10. The molecule has 0 aromatic heterocycles. The minimum atomic E-state index is -1.73. The van der Waals surface area contributed by atoms with Gasteiger partial charge >= 0.3 is 0 Å². The van der Waals surface area contributed by atoms with Crippen molar-refractivity contribution in [3.05, 3.63) is 12.7 Å². The Bertz CT molecular complexity index is 787. The second kappa shape index (κ2) is 8.58. The zero-order valence-corrected chi connectivity index (χ0v) is 25.1. The maximum Gasteiger partial charge on any atom is 0.192 e. The molecule has 33 heavy (non-hydrogen) atoms. The van der Waals surface area contributed by atoms with Crippen LogP contribution in [0.3, 0.4) is 0 Å². The molecule has 0 spiro atoms. The molecule has 10 atom stereocenters. The summed E-state index contributed by atoms with van der Waals surface area (Å²) in [5.41, 5.74) is 0.529. The van der Waals surface area contributed by atoms with Crippen molar-refractivity contribution in [3.8, 4) is 0 Å². The van der Waals surface area contributed by atoms with Crippen molar-refractivity contribution in [1.29, 1.82) is 0 Å². The van der Waals surface area contributed by atoms with Gasteiger partial charge in [0.15, 0.2) is 14.1 Å². The molecule has 0 saturated heterocycles. The maximum atomic E-state index is 13.5. The van der Waals surface area contributed by atoms with Crippen LogP contribution in [0.2, 0.25) is 18.1 Å². The summed E-state index contributed by atoms with van der Waals surface area (Å²) in [6.45, 7) is 23.2. The number of rotatable bonds is 4. The lowest BCUT2D eigenvalue weighted by atomic mass is 9.44. The monoisotopic (exact) mass is 536 g/mol. The van der Waals surface area contributed by atoms with Crippen LogP contribution in [0.25, 0.3) is 0 Å². The third-order valence-corrected chi connectivity index (χ3v) is 17.2. The predicted octanol–water partition coefficient (Wildman–Crippen LogP) is 8.41. The Morgan fingerprint density at radius 3 is 2.36 bits per heavy atom. The highest BCUT2D eigenvalue weighted by Crippen LogP contribution is 2.68. The van der Waals surface area contributed by atoms with E-state index in [1.54, 1.807) is 0 Å². The minimum Gasteiger partial charge on any atom is -0.414 e. The topological polar surface area (TPSA) is 26.3 Å². The number of allylic oxidation sites excluding steroid dienone is 1. The fourth-order valence-electron chi connectivity index (χ4n) is 8.78. The number of halogens is 1. The first-order valence-corrected chi connectivity index (χ1v) is 17.5. The van der Waals surface area contributed by atoms with E-state index in [0.29, 0.717) is 29.1 Å². The lowest BCUT2D eigenvalue weighted by molar-refractivity contribution is -0.129. The Hall–Kier alpha value is 0.0669. The van der Waals surface area contributed by atoms with Gasteiger partial charge in [0.1, 0.15) is 0 Å². The Labute approximate surface area is 213 Å². The lowest BCUT2D eigenvalue weighted by Gasteiger charge is -2.61. The largest absolute Gasteiger partial charge is 0.414 e. The zero-order chi connectivity index (χ0) is 24.6. The lowest BCUT2D eigenvalue weighted by Crippen LogP contribution is -2.56. The first kappa shape index (κ1) is 26.1. The standard InChI is InChI=1S/C29H49BrO2Si/c1-10-18(2)23-26(31)25(30)24-21-12-11-19-17-20(32-33(8,9)27(3,4)5)13-15-28(19,6)22(21)14-16-29(23,24)7/h10,18-25H,1,11-17H2,2-9H3/t18-,19?,20+,21-,22+,23+,24-,25?,28+,29-/m1/s1. The molecule has 4 saturated carbocycles. The van der Waals surface area contributed by atoms with Gasteiger partial charge in [0, 0.05) is 12.0 Å². The fourth-order valence-corrected chi connectivity index (χ4v) is 11.5. The van der Waals surface area contributed by atoms with Crippen molar-refractivity contribution in [3.63, 3.8) is 0 Å². The smallest absolute Gasteiger partial charge is 0.192 e. The van der Waals surface area contributed by atoms with Gasteiger partial charge in [-0.25, -0.2) is 0 Å². The molecule has 4 aliphatic carbocycles. The molecular weight excluding hydrogens is 488 g/mol. The molecule has 0 N–H and O–H groups in total. The number of Topliss-reactive ketones (excluding diaryl/α,β-unsaturated/α-hetero) is 1. The average molecular weight is 538 g/mol. The van der Waals surface area contributed by atoms with Crippen LogP contribution >= 0.6 is 15.9 Å². The van der Waals surface area contributed by atoms with Crippen molar-refractivity contribution in [2.75, 3.05) is 0 Å². The molecule has 2 unspecified atom stereocenters. The summed E-state index contributed by atoms with van der Waals surface area (Å²) in [6, 6.07) is 0. The van der Waals surface area contributed by atoms with E-state index in [2.05, 4.69) is 77.1 Å². The first-order chi connectivity index (χ1) is 15.2. The Balaban J connectivity index is 1.54. The van der Waals surface area contributed by atoms with Crippen LogP contribution in [0, 0.1) is 46.3 Å². The highest BCUT2D eigenvalue weighted by Gasteiger charge is 2.65. The Morgan fingerprint density at radius 2 is 1.76 bits per heavy atom. The van der Waals surface area contributed by atoms with E-state index in [0.717, 1.165) is 11.8 Å². The summed E-state index contributed by atoms with van der Waals surface area (Å²) in [5, 5.41) is 0.276. The minimum absolute atomic E-state index is 0.0288. The number of hydrogen-bond donors (Lipinski definition) is 0. The molecule has 0 radical (unpaired) electrons. The van der Waals surface area contributed by atoms with Gasteiger partial charge in [-0.1, -0.05) is 63.5 Å². The van der Waals surface area contributed by atoms with Gasteiger partial charge in [-0.2, -0.15) is 0 Å². The van der Waals surface area contributed by atoms with Crippen LogP contribution < -0.4 is 0 Å². The molecule has 2 nitrogen and oxygen atoms in total. The summed E-state index contributed by atoms with van der Waals surface area (Å²) >= 11 is 3.95. The average Bonchev–Trinajstić information content (AvgIpc) is 2.92. The molecule has 4 rings (SSSR count). The molecule has 0 amide bonds. The van der Waals surface area contributed by atoms with Gasteiger partial charge in [-0.05, 0) is 103 Å². The van der Waals surface area contributed by atoms with Crippen LogP contribution in [-0.2, 0) is 9.22 Å². The number of carbonyl (C=O) groups is 1.